The van der Waals surface area contributed by atoms with Gasteiger partial charge in [0.05, 0.1) is 5.57 Å². The van der Waals surface area contributed by atoms with Gasteiger partial charge < -0.3 is 5.11 Å². The Balaban J connectivity index is 2.52. The molecule has 2 aromatic carbocycles. The number of hydrogen-bond acceptors (Lipinski definition) is 2. The zero-order valence-corrected chi connectivity index (χ0v) is 9.21. The summed E-state index contributed by atoms with van der Waals surface area (Å²) in [5.41, 5.74) is 1.65. The molecule has 84 valence electrons. The van der Waals surface area contributed by atoms with E-state index in [-0.39, 0.29) is 5.76 Å². The van der Waals surface area contributed by atoms with Gasteiger partial charge in [0.25, 0.3) is 0 Å². The molecule has 2 nitrogen and oxygen atoms in total. The lowest BCUT2D eigenvalue weighted by Crippen LogP contribution is -1.92. The Kier molecular flexibility index (Phi) is 3.36. The average Bonchev–Trinajstić information content (AvgIpc) is 2.42. The Morgan fingerprint density at radius 3 is 1.76 bits per heavy atom. The van der Waals surface area contributed by atoms with Crippen molar-refractivity contribution in [3.8, 4) is 0 Å². The fraction of sp³-hybridized carbons (Fsp3) is 0. The molecule has 0 unspecified atom stereocenters. The maximum Gasteiger partial charge on any atom is 0.154 e. The Hall–Kier alpha value is -2.35. The van der Waals surface area contributed by atoms with E-state index < -0.39 is 0 Å². The van der Waals surface area contributed by atoms with Gasteiger partial charge in [0.15, 0.2) is 6.29 Å². The van der Waals surface area contributed by atoms with Gasteiger partial charge in [0, 0.05) is 5.56 Å². The number of aldehydes is 1. The lowest BCUT2D eigenvalue weighted by Gasteiger charge is -2.05. The van der Waals surface area contributed by atoms with Crippen LogP contribution in [-0.4, -0.2) is 11.4 Å². The van der Waals surface area contributed by atoms with E-state index in [1.165, 1.54) is 0 Å². The molecule has 2 rings (SSSR count). The fourth-order valence-corrected chi connectivity index (χ4v) is 1.63. The number of carbonyl (C=O) groups is 1. The van der Waals surface area contributed by atoms with Gasteiger partial charge in [0.2, 0.25) is 0 Å². The molecule has 0 radical (unpaired) electrons. The minimum absolute atomic E-state index is 0.00630. The highest BCUT2D eigenvalue weighted by atomic mass is 16.3. The van der Waals surface area contributed by atoms with E-state index in [9.17, 15) is 9.90 Å². The zero-order chi connectivity index (χ0) is 12.1. The lowest BCUT2D eigenvalue weighted by molar-refractivity contribution is -0.103. The number of benzene rings is 2. The van der Waals surface area contributed by atoms with Gasteiger partial charge in [-0.1, -0.05) is 60.7 Å². The SMILES string of the molecule is O=C/C(=C(/O)c1ccccc1)c1ccccc1. The van der Waals surface area contributed by atoms with Crippen molar-refractivity contribution >= 4 is 17.6 Å². The van der Waals surface area contributed by atoms with E-state index in [1.807, 2.05) is 36.4 Å². The number of hydrogen-bond donors (Lipinski definition) is 1. The molecule has 0 aliphatic carbocycles. The molecule has 0 aliphatic heterocycles. The summed E-state index contributed by atoms with van der Waals surface area (Å²) in [5, 5.41) is 10.1. The molecule has 0 aromatic heterocycles. The largest absolute Gasteiger partial charge is 0.507 e. The first-order chi connectivity index (χ1) is 8.33. The number of rotatable bonds is 3. The van der Waals surface area contributed by atoms with Crippen molar-refractivity contribution in [1.29, 1.82) is 0 Å². The van der Waals surface area contributed by atoms with E-state index >= 15 is 0 Å². The van der Waals surface area contributed by atoms with Crippen molar-refractivity contribution < 1.29 is 9.90 Å². The summed E-state index contributed by atoms with van der Waals surface area (Å²) in [6.45, 7) is 0. The monoisotopic (exact) mass is 224 g/mol. The molecule has 0 amide bonds. The summed E-state index contributed by atoms with van der Waals surface area (Å²) in [6.07, 6.45) is 0.678. The van der Waals surface area contributed by atoms with Crippen LogP contribution in [0.2, 0.25) is 0 Å². The number of aliphatic hydroxyl groups is 1. The van der Waals surface area contributed by atoms with Gasteiger partial charge in [-0.3, -0.25) is 4.79 Å². The standard InChI is InChI=1S/C15H12O2/c16-11-14(12-7-3-1-4-8-12)15(17)13-9-5-2-6-10-13/h1-11,17H/b15-14-. The van der Waals surface area contributed by atoms with Gasteiger partial charge in [-0.05, 0) is 5.56 Å². The lowest BCUT2D eigenvalue weighted by atomic mass is 10.0. The third-order valence-corrected chi connectivity index (χ3v) is 2.50. The van der Waals surface area contributed by atoms with E-state index in [4.69, 9.17) is 0 Å². The number of aliphatic hydroxyl groups excluding tert-OH is 1. The molecular weight excluding hydrogens is 212 g/mol. The van der Waals surface area contributed by atoms with Crippen LogP contribution in [0.25, 0.3) is 11.3 Å². The van der Waals surface area contributed by atoms with Crippen molar-refractivity contribution in [3.05, 3.63) is 71.8 Å². The predicted octanol–water partition coefficient (Wildman–Crippen LogP) is 3.31. The third-order valence-electron chi connectivity index (χ3n) is 2.50. The molecule has 0 saturated carbocycles. The zero-order valence-electron chi connectivity index (χ0n) is 9.21. The molecule has 2 heteroatoms. The van der Waals surface area contributed by atoms with E-state index in [2.05, 4.69) is 0 Å². The van der Waals surface area contributed by atoms with Crippen molar-refractivity contribution in [3.63, 3.8) is 0 Å². The molecule has 0 saturated heterocycles. The molecule has 0 bridgehead atoms. The predicted molar refractivity (Wildman–Crippen MR) is 68.4 cm³/mol. The molecule has 0 spiro atoms. The van der Waals surface area contributed by atoms with Crippen LogP contribution in [-0.2, 0) is 4.79 Å². The number of allylic oxidation sites excluding steroid dienone is 1. The van der Waals surface area contributed by atoms with Crippen LogP contribution in [0.4, 0.5) is 0 Å². The molecule has 0 heterocycles. The molecule has 0 atom stereocenters. The van der Waals surface area contributed by atoms with Gasteiger partial charge >= 0.3 is 0 Å². The van der Waals surface area contributed by atoms with E-state index in [0.717, 1.165) is 0 Å². The number of carbonyl (C=O) groups excluding carboxylic acids is 1. The highest BCUT2D eigenvalue weighted by Gasteiger charge is 2.08. The maximum atomic E-state index is 11.1. The van der Waals surface area contributed by atoms with Crippen molar-refractivity contribution in [2.75, 3.05) is 0 Å². The second kappa shape index (κ2) is 5.12. The highest BCUT2D eigenvalue weighted by Crippen LogP contribution is 2.22. The van der Waals surface area contributed by atoms with Crippen LogP contribution < -0.4 is 0 Å². The Bertz CT molecular complexity index is 527. The Morgan fingerprint density at radius 2 is 1.29 bits per heavy atom. The first-order valence-corrected chi connectivity index (χ1v) is 5.32. The molecule has 17 heavy (non-hydrogen) atoms. The van der Waals surface area contributed by atoms with Gasteiger partial charge in [-0.2, -0.15) is 0 Å². The summed E-state index contributed by atoms with van der Waals surface area (Å²) in [6, 6.07) is 18.1. The average molecular weight is 224 g/mol. The summed E-state index contributed by atoms with van der Waals surface area (Å²) in [7, 11) is 0. The summed E-state index contributed by atoms with van der Waals surface area (Å²) in [5.74, 6) is 0.00630. The van der Waals surface area contributed by atoms with Crippen molar-refractivity contribution in [2.45, 2.75) is 0 Å². The van der Waals surface area contributed by atoms with Crippen LogP contribution in [0.3, 0.4) is 0 Å². The van der Waals surface area contributed by atoms with E-state index in [1.54, 1.807) is 24.3 Å². The minimum atomic E-state index is 0.00630. The third kappa shape index (κ3) is 2.42. The molecule has 2 aromatic rings. The maximum absolute atomic E-state index is 11.1. The van der Waals surface area contributed by atoms with Crippen LogP contribution >= 0.6 is 0 Å². The van der Waals surface area contributed by atoms with Crippen LogP contribution in [0.5, 0.6) is 0 Å². The molecule has 0 fully saturated rings. The molecular formula is C15H12O2. The summed E-state index contributed by atoms with van der Waals surface area (Å²) >= 11 is 0. The summed E-state index contributed by atoms with van der Waals surface area (Å²) < 4.78 is 0. The van der Waals surface area contributed by atoms with Gasteiger partial charge in [-0.15, -0.1) is 0 Å². The van der Waals surface area contributed by atoms with Gasteiger partial charge in [-0.25, -0.2) is 0 Å². The van der Waals surface area contributed by atoms with Crippen LogP contribution in [0, 0.1) is 0 Å². The Labute approximate surface area is 99.8 Å². The fourth-order valence-electron chi connectivity index (χ4n) is 1.63. The molecule has 1 N–H and O–H groups in total. The summed E-state index contributed by atoms with van der Waals surface area (Å²) in [4.78, 5) is 11.1. The van der Waals surface area contributed by atoms with Crippen molar-refractivity contribution in [2.24, 2.45) is 0 Å². The smallest absolute Gasteiger partial charge is 0.154 e. The Morgan fingerprint density at radius 1 is 0.824 bits per heavy atom. The van der Waals surface area contributed by atoms with Crippen LogP contribution in [0.1, 0.15) is 11.1 Å². The molecule has 0 aliphatic rings. The van der Waals surface area contributed by atoms with Crippen LogP contribution in [0.15, 0.2) is 60.7 Å². The van der Waals surface area contributed by atoms with Crippen molar-refractivity contribution in [1.82, 2.24) is 0 Å². The topological polar surface area (TPSA) is 37.3 Å². The highest BCUT2D eigenvalue weighted by molar-refractivity contribution is 6.15. The van der Waals surface area contributed by atoms with Gasteiger partial charge in [0.1, 0.15) is 5.76 Å². The quantitative estimate of drug-likeness (QED) is 0.376. The first kappa shape index (κ1) is 11.1. The minimum Gasteiger partial charge on any atom is -0.507 e. The van der Waals surface area contributed by atoms with E-state index in [0.29, 0.717) is 23.0 Å². The normalized spacial score (nSPS) is 11.8. The second-order valence-electron chi connectivity index (χ2n) is 3.61. The first-order valence-electron chi connectivity index (χ1n) is 5.32. The second-order valence-corrected chi connectivity index (χ2v) is 3.61.